The predicted molar refractivity (Wildman–Crippen MR) is 63.1 cm³/mol. The fourth-order valence-corrected chi connectivity index (χ4v) is 1.52. The highest BCUT2D eigenvalue weighted by atomic mass is 15.2. The Bertz CT molecular complexity index is 271. The number of hydrogen-bond acceptors (Lipinski definition) is 3. The molecule has 0 amide bonds. The standard InChI is InChI=1S/C12H19N3/c1-2-3-4-12(15-13)6-5-11-7-9-14-10-8-11/h2,7-10,12,15H,1,3-6,13H2. The number of pyridine rings is 1. The van der Waals surface area contributed by atoms with Crippen LogP contribution < -0.4 is 11.3 Å². The summed E-state index contributed by atoms with van der Waals surface area (Å²) in [5.74, 6) is 5.48. The monoisotopic (exact) mass is 205 g/mol. The van der Waals surface area contributed by atoms with Crippen molar-refractivity contribution in [1.82, 2.24) is 10.4 Å². The lowest BCUT2D eigenvalue weighted by Crippen LogP contribution is -2.35. The molecule has 0 radical (unpaired) electrons. The Morgan fingerprint density at radius 1 is 1.40 bits per heavy atom. The van der Waals surface area contributed by atoms with Crippen molar-refractivity contribution in [1.29, 1.82) is 0 Å². The van der Waals surface area contributed by atoms with E-state index >= 15 is 0 Å². The van der Waals surface area contributed by atoms with E-state index in [9.17, 15) is 0 Å². The first-order valence-electron chi connectivity index (χ1n) is 5.32. The molecule has 1 unspecified atom stereocenters. The molecule has 0 saturated heterocycles. The van der Waals surface area contributed by atoms with Gasteiger partial charge in [-0.3, -0.25) is 16.3 Å². The number of rotatable bonds is 7. The van der Waals surface area contributed by atoms with Crippen LogP contribution >= 0.6 is 0 Å². The molecule has 1 rings (SSSR count). The molecule has 1 aromatic rings. The van der Waals surface area contributed by atoms with Gasteiger partial charge < -0.3 is 0 Å². The molecule has 1 aromatic heterocycles. The molecule has 0 spiro atoms. The lowest BCUT2D eigenvalue weighted by molar-refractivity contribution is 0.467. The second-order valence-corrected chi connectivity index (χ2v) is 3.62. The van der Waals surface area contributed by atoms with Crippen molar-refractivity contribution in [2.24, 2.45) is 5.84 Å². The van der Waals surface area contributed by atoms with E-state index in [1.165, 1.54) is 5.56 Å². The molecule has 3 nitrogen and oxygen atoms in total. The fraction of sp³-hybridized carbons (Fsp3) is 0.417. The second-order valence-electron chi connectivity index (χ2n) is 3.62. The predicted octanol–water partition coefficient (Wildman–Crippen LogP) is 1.81. The number of nitrogens with two attached hydrogens (primary N) is 1. The zero-order valence-electron chi connectivity index (χ0n) is 9.02. The summed E-state index contributed by atoms with van der Waals surface area (Å²) in [5, 5.41) is 0. The van der Waals surface area contributed by atoms with E-state index in [0.717, 1.165) is 25.7 Å². The summed E-state index contributed by atoms with van der Waals surface area (Å²) in [4.78, 5) is 3.99. The fourth-order valence-electron chi connectivity index (χ4n) is 1.52. The van der Waals surface area contributed by atoms with E-state index in [1.807, 2.05) is 30.6 Å². The van der Waals surface area contributed by atoms with Crippen LogP contribution in [-0.2, 0) is 6.42 Å². The van der Waals surface area contributed by atoms with Gasteiger partial charge in [-0.05, 0) is 43.4 Å². The zero-order chi connectivity index (χ0) is 10.9. The second kappa shape index (κ2) is 7.15. The number of nitrogens with zero attached hydrogens (tertiary/aromatic N) is 1. The van der Waals surface area contributed by atoms with Crippen molar-refractivity contribution in [3.8, 4) is 0 Å². The van der Waals surface area contributed by atoms with E-state index in [0.29, 0.717) is 6.04 Å². The van der Waals surface area contributed by atoms with Crippen molar-refractivity contribution in [3.63, 3.8) is 0 Å². The van der Waals surface area contributed by atoms with Crippen LogP contribution in [0.3, 0.4) is 0 Å². The van der Waals surface area contributed by atoms with Gasteiger partial charge in [-0.25, -0.2) is 0 Å². The minimum absolute atomic E-state index is 0.371. The van der Waals surface area contributed by atoms with Gasteiger partial charge in [0.05, 0.1) is 0 Å². The Balaban J connectivity index is 2.31. The van der Waals surface area contributed by atoms with Crippen LogP contribution in [0.1, 0.15) is 24.8 Å². The zero-order valence-corrected chi connectivity index (χ0v) is 9.02. The maximum absolute atomic E-state index is 5.48. The van der Waals surface area contributed by atoms with Crippen molar-refractivity contribution in [3.05, 3.63) is 42.7 Å². The number of hydrogen-bond donors (Lipinski definition) is 2. The largest absolute Gasteiger partial charge is 0.271 e. The van der Waals surface area contributed by atoms with Gasteiger partial charge in [0.15, 0.2) is 0 Å². The highest BCUT2D eigenvalue weighted by Gasteiger charge is 2.05. The smallest absolute Gasteiger partial charge is 0.0270 e. The maximum atomic E-state index is 5.48. The highest BCUT2D eigenvalue weighted by molar-refractivity contribution is 5.09. The topological polar surface area (TPSA) is 50.9 Å². The molecule has 1 heterocycles. The summed E-state index contributed by atoms with van der Waals surface area (Å²) in [5.41, 5.74) is 4.15. The molecule has 82 valence electrons. The minimum Gasteiger partial charge on any atom is -0.271 e. The Hall–Kier alpha value is -1.19. The van der Waals surface area contributed by atoms with Crippen LogP contribution in [-0.4, -0.2) is 11.0 Å². The van der Waals surface area contributed by atoms with Crippen molar-refractivity contribution >= 4 is 0 Å². The molecule has 0 saturated carbocycles. The molecule has 0 aliphatic heterocycles. The summed E-state index contributed by atoms with van der Waals surface area (Å²) in [6.45, 7) is 3.71. The molecule has 1 atom stereocenters. The normalized spacial score (nSPS) is 12.3. The van der Waals surface area contributed by atoms with Gasteiger partial charge in [0, 0.05) is 18.4 Å². The molecule has 0 aliphatic carbocycles. The van der Waals surface area contributed by atoms with Gasteiger partial charge in [0.1, 0.15) is 0 Å². The molecule has 15 heavy (non-hydrogen) atoms. The van der Waals surface area contributed by atoms with Gasteiger partial charge in [-0.15, -0.1) is 6.58 Å². The Kier molecular flexibility index (Phi) is 5.66. The first-order valence-corrected chi connectivity index (χ1v) is 5.32. The molecular weight excluding hydrogens is 186 g/mol. The quantitative estimate of drug-likeness (QED) is 0.405. The summed E-state index contributed by atoms with van der Waals surface area (Å²) in [6, 6.07) is 4.46. The summed E-state index contributed by atoms with van der Waals surface area (Å²) >= 11 is 0. The van der Waals surface area contributed by atoms with Crippen molar-refractivity contribution in [2.75, 3.05) is 0 Å². The molecule has 3 heteroatoms. The third-order valence-electron chi connectivity index (χ3n) is 2.49. The first kappa shape index (κ1) is 11.9. The molecular formula is C12H19N3. The molecule has 0 aliphatic rings. The third-order valence-corrected chi connectivity index (χ3v) is 2.49. The Morgan fingerprint density at radius 2 is 2.13 bits per heavy atom. The molecule has 0 aromatic carbocycles. The average Bonchev–Trinajstić information content (AvgIpc) is 2.31. The lowest BCUT2D eigenvalue weighted by atomic mass is 10.0. The number of aryl methyl sites for hydroxylation is 1. The van der Waals surface area contributed by atoms with Crippen LogP contribution in [0.25, 0.3) is 0 Å². The van der Waals surface area contributed by atoms with Crippen LogP contribution in [0.2, 0.25) is 0 Å². The molecule has 0 bridgehead atoms. The first-order chi connectivity index (χ1) is 7.36. The average molecular weight is 205 g/mol. The highest BCUT2D eigenvalue weighted by Crippen LogP contribution is 2.07. The van der Waals surface area contributed by atoms with Crippen LogP contribution in [0, 0.1) is 0 Å². The Morgan fingerprint density at radius 3 is 2.73 bits per heavy atom. The van der Waals surface area contributed by atoms with Gasteiger partial charge in [-0.1, -0.05) is 6.08 Å². The van der Waals surface area contributed by atoms with Gasteiger partial charge in [0.25, 0.3) is 0 Å². The SMILES string of the molecule is C=CCCC(CCc1ccncc1)NN. The maximum Gasteiger partial charge on any atom is 0.0270 e. The van der Waals surface area contributed by atoms with Crippen LogP contribution in [0.5, 0.6) is 0 Å². The van der Waals surface area contributed by atoms with Gasteiger partial charge >= 0.3 is 0 Å². The van der Waals surface area contributed by atoms with E-state index in [-0.39, 0.29) is 0 Å². The summed E-state index contributed by atoms with van der Waals surface area (Å²) in [7, 11) is 0. The third kappa shape index (κ3) is 4.72. The number of allylic oxidation sites excluding steroid dienone is 1. The van der Waals surface area contributed by atoms with E-state index in [1.54, 1.807) is 0 Å². The van der Waals surface area contributed by atoms with Crippen molar-refractivity contribution < 1.29 is 0 Å². The van der Waals surface area contributed by atoms with Crippen LogP contribution in [0.4, 0.5) is 0 Å². The number of hydrazine groups is 1. The molecule has 0 fully saturated rings. The minimum atomic E-state index is 0.371. The van der Waals surface area contributed by atoms with Gasteiger partial charge in [0.2, 0.25) is 0 Å². The Labute approximate surface area is 91.4 Å². The van der Waals surface area contributed by atoms with E-state index < -0.39 is 0 Å². The summed E-state index contributed by atoms with van der Waals surface area (Å²) < 4.78 is 0. The van der Waals surface area contributed by atoms with E-state index in [4.69, 9.17) is 5.84 Å². The number of nitrogens with one attached hydrogen (secondary N) is 1. The number of aromatic nitrogens is 1. The summed E-state index contributed by atoms with van der Waals surface area (Å²) in [6.07, 6.45) is 9.71. The van der Waals surface area contributed by atoms with E-state index in [2.05, 4.69) is 17.0 Å². The van der Waals surface area contributed by atoms with Crippen LogP contribution in [0.15, 0.2) is 37.2 Å². The van der Waals surface area contributed by atoms with Gasteiger partial charge in [-0.2, -0.15) is 0 Å². The molecule has 3 N–H and O–H groups in total. The lowest BCUT2D eigenvalue weighted by Gasteiger charge is -2.14. The van der Waals surface area contributed by atoms with Crippen molar-refractivity contribution in [2.45, 2.75) is 31.7 Å².